The first-order chi connectivity index (χ1) is 9.63. The lowest BCUT2D eigenvalue weighted by Gasteiger charge is -1.99. The highest BCUT2D eigenvalue weighted by Gasteiger charge is 2.11. The zero-order chi connectivity index (χ0) is 14.7. The molecule has 1 aromatic carbocycles. The molecule has 0 spiro atoms. The minimum atomic E-state index is -0.117. The lowest BCUT2D eigenvalue weighted by atomic mass is 10.2. The van der Waals surface area contributed by atoms with Gasteiger partial charge in [0.05, 0.1) is 16.6 Å². The smallest absolute Gasteiger partial charge is 0.257 e. The van der Waals surface area contributed by atoms with E-state index in [1.807, 2.05) is 24.3 Å². The Morgan fingerprint density at radius 2 is 1.95 bits per heavy atom. The highest BCUT2D eigenvalue weighted by Crippen LogP contribution is 2.18. The molecular formula is C15H15N3O2. The zero-order valence-electron chi connectivity index (χ0n) is 11.6. The number of aromatic amines is 1. The van der Waals surface area contributed by atoms with Gasteiger partial charge < -0.3 is 9.72 Å². The minimum absolute atomic E-state index is 0.117. The average molecular weight is 269 g/mol. The van der Waals surface area contributed by atoms with Crippen LogP contribution in [0.15, 0.2) is 35.1 Å². The highest BCUT2D eigenvalue weighted by atomic mass is 16.4. The minimum Gasteiger partial charge on any atom is -0.388 e. The molecule has 0 amide bonds. The van der Waals surface area contributed by atoms with Crippen molar-refractivity contribution in [3.8, 4) is 6.07 Å². The predicted molar refractivity (Wildman–Crippen MR) is 77.9 cm³/mol. The molecule has 102 valence electrons. The maximum atomic E-state index is 12.0. The molecular weight excluding hydrogens is 254 g/mol. The number of nitriles is 1. The van der Waals surface area contributed by atoms with E-state index in [1.165, 1.54) is 6.07 Å². The van der Waals surface area contributed by atoms with E-state index in [-0.39, 0.29) is 5.56 Å². The number of ether oxygens (including phenoxy) is 1. The number of pyridine rings is 1. The van der Waals surface area contributed by atoms with Crippen LogP contribution in [-0.2, 0) is 4.74 Å². The number of aryl methyl sites for hydroxylation is 1. The summed E-state index contributed by atoms with van der Waals surface area (Å²) in [6, 6.07) is 11.1. The van der Waals surface area contributed by atoms with Gasteiger partial charge in [-0.25, -0.2) is 0 Å². The summed E-state index contributed by atoms with van der Waals surface area (Å²) < 4.78 is 5.79. The molecule has 2 heterocycles. The Kier molecular flexibility index (Phi) is 3.87. The molecule has 0 atom stereocenters. The number of aromatic nitrogens is 2. The molecule has 20 heavy (non-hydrogen) atoms. The summed E-state index contributed by atoms with van der Waals surface area (Å²) in [4.78, 5) is 15.1. The van der Waals surface area contributed by atoms with Crippen LogP contribution in [0.3, 0.4) is 0 Å². The van der Waals surface area contributed by atoms with Crippen LogP contribution in [0.2, 0.25) is 0 Å². The molecule has 3 aromatic rings. The first-order valence-corrected chi connectivity index (χ1v) is 6.07. The Balaban J connectivity index is 0.000000452. The fourth-order valence-electron chi connectivity index (χ4n) is 2.13. The number of rotatable bonds is 0. The number of hydrogen-bond donors (Lipinski definition) is 1. The summed E-state index contributed by atoms with van der Waals surface area (Å²) in [5.41, 5.74) is 3.31. The van der Waals surface area contributed by atoms with Crippen molar-refractivity contribution in [1.82, 2.24) is 9.38 Å². The van der Waals surface area contributed by atoms with Crippen molar-refractivity contribution in [2.24, 2.45) is 0 Å². The quantitative estimate of drug-likeness (QED) is 0.680. The van der Waals surface area contributed by atoms with Gasteiger partial charge in [0.1, 0.15) is 11.7 Å². The van der Waals surface area contributed by atoms with Crippen LogP contribution in [0.4, 0.5) is 0 Å². The van der Waals surface area contributed by atoms with E-state index in [1.54, 1.807) is 25.5 Å². The molecule has 0 bridgehead atoms. The first kappa shape index (κ1) is 13.8. The Labute approximate surface area is 116 Å². The number of benzene rings is 1. The summed E-state index contributed by atoms with van der Waals surface area (Å²) >= 11 is 0. The van der Waals surface area contributed by atoms with E-state index < -0.39 is 0 Å². The average Bonchev–Trinajstić information content (AvgIpc) is 2.79. The SMILES string of the molecule is COC.Cc1cc(=O)n2c([nH]c3ccccc32)c1C#N. The van der Waals surface area contributed by atoms with Gasteiger partial charge >= 0.3 is 0 Å². The number of fused-ring (bicyclic) bond motifs is 3. The molecule has 2 aromatic heterocycles. The largest absolute Gasteiger partial charge is 0.388 e. The summed E-state index contributed by atoms with van der Waals surface area (Å²) in [6.07, 6.45) is 0. The Morgan fingerprint density at radius 1 is 1.30 bits per heavy atom. The number of H-pyrrole nitrogens is 1. The van der Waals surface area contributed by atoms with Gasteiger partial charge in [-0.15, -0.1) is 0 Å². The summed E-state index contributed by atoms with van der Waals surface area (Å²) in [6.45, 7) is 1.77. The standard InChI is InChI=1S/C13H9N3O.C2H6O/c1-8-6-12(17)16-11-5-3-2-4-10(11)15-13(16)9(8)7-14;1-3-2/h2-6,15H,1H3;1-2H3. The van der Waals surface area contributed by atoms with E-state index in [9.17, 15) is 4.79 Å². The molecule has 5 nitrogen and oxygen atoms in total. The maximum absolute atomic E-state index is 12.0. The molecule has 0 aliphatic heterocycles. The van der Waals surface area contributed by atoms with Crippen molar-refractivity contribution in [3.05, 3.63) is 51.8 Å². The Bertz CT molecular complexity index is 853. The fourth-order valence-corrected chi connectivity index (χ4v) is 2.13. The summed E-state index contributed by atoms with van der Waals surface area (Å²) in [5.74, 6) is 0. The van der Waals surface area contributed by atoms with Crippen LogP contribution in [0.1, 0.15) is 11.1 Å². The van der Waals surface area contributed by atoms with Gasteiger partial charge in [0, 0.05) is 20.3 Å². The van der Waals surface area contributed by atoms with Crippen LogP contribution in [0.25, 0.3) is 16.7 Å². The lowest BCUT2D eigenvalue weighted by Crippen LogP contribution is -2.13. The summed E-state index contributed by atoms with van der Waals surface area (Å²) in [7, 11) is 3.25. The number of para-hydroxylation sites is 2. The third-order valence-electron chi connectivity index (χ3n) is 2.92. The predicted octanol–water partition coefficient (Wildman–Crippen LogP) is 2.22. The van der Waals surface area contributed by atoms with Gasteiger partial charge in [-0.3, -0.25) is 9.20 Å². The second kappa shape index (κ2) is 5.59. The topological polar surface area (TPSA) is 70.3 Å². The second-order valence-electron chi connectivity index (χ2n) is 4.39. The van der Waals surface area contributed by atoms with Crippen LogP contribution in [0, 0.1) is 18.3 Å². The third kappa shape index (κ3) is 2.17. The van der Waals surface area contributed by atoms with Crippen LogP contribution in [-0.4, -0.2) is 23.6 Å². The molecule has 5 heteroatoms. The van der Waals surface area contributed by atoms with Crippen molar-refractivity contribution < 1.29 is 4.74 Å². The molecule has 0 unspecified atom stereocenters. The fraction of sp³-hybridized carbons (Fsp3) is 0.200. The zero-order valence-corrected chi connectivity index (χ0v) is 11.6. The van der Waals surface area contributed by atoms with E-state index in [0.717, 1.165) is 11.0 Å². The maximum Gasteiger partial charge on any atom is 0.257 e. The second-order valence-corrected chi connectivity index (χ2v) is 4.39. The van der Waals surface area contributed by atoms with Crippen molar-refractivity contribution in [2.75, 3.05) is 14.2 Å². The number of nitrogens with one attached hydrogen (secondary N) is 1. The first-order valence-electron chi connectivity index (χ1n) is 6.07. The van der Waals surface area contributed by atoms with Crippen molar-refractivity contribution >= 4 is 16.7 Å². The Hall–Kier alpha value is -2.58. The van der Waals surface area contributed by atoms with Gasteiger partial charge in [-0.2, -0.15) is 5.26 Å². The van der Waals surface area contributed by atoms with Gasteiger partial charge in [-0.05, 0) is 24.6 Å². The number of imidazole rings is 1. The molecule has 1 N–H and O–H groups in total. The van der Waals surface area contributed by atoms with Crippen LogP contribution in [0.5, 0.6) is 0 Å². The summed E-state index contributed by atoms with van der Waals surface area (Å²) in [5, 5.41) is 9.15. The van der Waals surface area contributed by atoms with Crippen LogP contribution < -0.4 is 5.56 Å². The monoisotopic (exact) mass is 269 g/mol. The molecule has 0 radical (unpaired) electrons. The van der Waals surface area contributed by atoms with E-state index in [4.69, 9.17) is 5.26 Å². The lowest BCUT2D eigenvalue weighted by molar-refractivity contribution is 0.277. The van der Waals surface area contributed by atoms with Gasteiger partial charge in [-0.1, -0.05) is 12.1 Å². The van der Waals surface area contributed by atoms with E-state index in [2.05, 4.69) is 15.8 Å². The van der Waals surface area contributed by atoms with Crippen LogP contribution >= 0.6 is 0 Å². The number of methoxy groups -OCH3 is 1. The van der Waals surface area contributed by atoms with Gasteiger partial charge in [0.15, 0.2) is 0 Å². The van der Waals surface area contributed by atoms with Crippen molar-refractivity contribution in [2.45, 2.75) is 6.92 Å². The van der Waals surface area contributed by atoms with E-state index >= 15 is 0 Å². The normalized spacial score (nSPS) is 10.1. The highest BCUT2D eigenvalue weighted by molar-refractivity contribution is 5.82. The molecule has 0 fully saturated rings. The van der Waals surface area contributed by atoms with Gasteiger partial charge in [0.2, 0.25) is 0 Å². The molecule has 3 rings (SSSR count). The van der Waals surface area contributed by atoms with E-state index in [0.29, 0.717) is 16.8 Å². The van der Waals surface area contributed by atoms with Crippen molar-refractivity contribution in [3.63, 3.8) is 0 Å². The van der Waals surface area contributed by atoms with Gasteiger partial charge in [0.25, 0.3) is 5.56 Å². The van der Waals surface area contributed by atoms with Crippen molar-refractivity contribution in [1.29, 1.82) is 5.26 Å². The number of hydrogen-bond acceptors (Lipinski definition) is 3. The Morgan fingerprint density at radius 3 is 2.60 bits per heavy atom. The number of nitrogens with zero attached hydrogens (tertiary/aromatic N) is 2. The molecule has 0 aliphatic rings. The molecule has 0 saturated heterocycles. The molecule has 0 aliphatic carbocycles. The molecule has 0 saturated carbocycles. The third-order valence-corrected chi connectivity index (χ3v) is 2.92.